The van der Waals surface area contributed by atoms with Gasteiger partial charge >= 0.3 is 5.97 Å². The number of nitrogens with two attached hydrogens (primary N) is 1. The van der Waals surface area contributed by atoms with Crippen LogP contribution in [0.4, 0.5) is 0 Å². The molecular formula is C11H20N2O4. The number of Topliss-reactive ketones (excluding diaryl/α,β-unsaturated/α-hetero) is 1. The zero-order valence-electron chi connectivity index (χ0n) is 10.5. The molecule has 17 heavy (non-hydrogen) atoms. The first-order chi connectivity index (χ1) is 7.86. The van der Waals surface area contributed by atoms with Crippen LogP contribution in [0, 0.1) is 0 Å². The van der Waals surface area contributed by atoms with Crippen LogP contribution in [0.1, 0.15) is 33.6 Å². The Labute approximate surface area is 101 Å². The number of hydrogen-bond acceptors (Lipinski definition) is 5. The van der Waals surface area contributed by atoms with E-state index in [2.05, 4.69) is 5.32 Å². The van der Waals surface area contributed by atoms with Crippen molar-refractivity contribution in [2.75, 3.05) is 6.54 Å². The fraction of sp³-hybridized carbons (Fsp3) is 0.727. The molecule has 0 spiro atoms. The van der Waals surface area contributed by atoms with Crippen molar-refractivity contribution in [3.05, 3.63) is 0 Å². The minimum atomic E-state index is -0.808. The van der Waals surface area contributed by atoms with Crippen molar-refractivity contribution >= 4 is 17.7 Å². The maximum absolute atomic E-state index is 11.6. The summed E-state index contributed by atoms with van der Waals surface area (Å²) in [7, 11) is 0. The molecule has 0 saturated carbocycles. The van der Waals surface area contributed by atoms with Crippen LogP contribution in [0.2, 0.25) is 0 Å². The van der Waals surface area contributed by atoms with Crippen molar-refractivity contribution in [2.24, 2.45) is 5.73 Å². The van der Waals surface area contributed by atoms with Gasteiger partial charge in [-0.2, -0.15) is 0 Å². The van der Waals surface area contributed by atoms with E-state index in [0.29, 0.717) is 0 Å². The monoisotopic (exact) mass is 244 g/mol. The summed E-state index contributed by atoms with van der Waals surface area (Å²) in [5.74, 6) is -1.03. The van der Waals surface area contributed by atoms with Gasteiger partial charge in [0.05, 0.1) is 12.6 Å². The summed E-state index contributed by atoms with van der Waals surface area (Å²) in [5, 5.41) is 2.44. The first-order valence-electron chi connectivity index (χ1n) is 5.56. The quantitative estimate of drug-likeness (QED) is 0.602. The molecule has 0 fully saturated rings. The minimum absolute atomic E-state index is 0.0469. The average molecular weight is 244 g/mol. The van der Waals surface area contributed by atoms with Gasteiger partial charge in [0.2, 0.25) is 5.91 Å². The van der Waals surface area contributed by atoms with Crippen LogP contribution in [-0.4, -0.2) is 36.4 Å². The van der Waals surface area contributed by atoms with Gasteiger partial charge in [-0.3, -0.25) is 4.79 Å². The molecule has 1 unspecified atom stereocenters. The van der Waals surface area contributed by atoms with E-state index in [1.165, 1.54) is 6.92 Å². The third-order valence-corrected chi connectivity index (χ3v) is 1.94. The number of amides is 1. The predicted octanol–water partition coefficient (Wildman–Crippen LogP) is -0.249. The van der Waals surface area contributed by atoms with Crippen LogP contribution in [-0.2, 0) is 19.1 Å². The van der Waals surface area contributed by atoms with Crippen LogP contribution in [0.15, 0.2) is 0 Å². The van der Waals surface area contributed by atoms with Gasteiger partial charge in [-0.15, -0.1) is 0 Å². The van der Waals surface area contributed by atoms with Gasteiger partial charge in [-0.1, -0.05) is 0 Å². The zero-order valence-corrected chi connectivity index (χ0v) is 10.5. The topological polar surface area (TPSA) is 98.5 Å². The van der Waals surface area contributed by atoms with Gasteiger partial charge in [-0.05, 0) is 27.2 Å². The largest absolute Gasteiger partial charge is 0.461 e. The van der Waals surface area contributed by atoms with Crippen molar-refractivity contribution < 1.29 is 19.1 Å². The first kappa shape index (κ1) is 15.6. The number of nitrogens with one attached hydrogen (secondary N) is 1. The van der Waals surface area contributed by atoms with E-state index in [0.717, 1.165) is 0 Å². The highest BCUT2D eigenvalue weighted by molar-refractivity contribution is 5.86. The second kappa shape index (κ2) is 7.78. The first-order valence-corrected chi connectivity index (χ1v) is 5.56. The normalized spacial score (nSPS) is 12.1. The molecule has 98 valence electrons. The van der Waals surface area contributed by atoms with Crippen molar-refractivity contribution in [1.82, 2.24) is 5.32 Å². The summed E-state index contributed by atoms with van der Waals surface area (Å²) >= 11 is 0. The minimum Gasteiger partial charge on any atom is -0.461 e. The van der Waals surface area contributed by atoms with Gasteiger partial charge in [0, 0.05) is 6.42 Å². The molecule has 3 N–H and O–H groups in total. The molecule has 0 radical (unpaired) electrons. The zero-order chi connectivity index (χ0) is 13.4. The summed E-state index contributed by atoms with van der Waals surface area (Å²) < 4.78 is 4.98. The Morgan fingerprint density at radius 3 is 2.29 bits per heavy atom. The van der Waals surface area contributed by atoms with Crippen molar-refractivity contribution in [3.63, 3.8) is 0 Å². The molecule has 1 amide bonds. The SMILES string of the molecule is CC(=O)CCC(NC(=O)CN)C(=O)OC(C)C. The van der Waals surface area contributed by atoms with Crippen molar-refractivity contribution in [1.29, 1.82) is 0 Å². The van der Waals surface area contributed by atoms with Crippen LogP contribution in [0.3, 0.4) is 0 Å². The molecule has 0 aromatic carbocycles. The van der Waals surface area contributed by atoms with Crippen LogP contribution in [0.25, 0.3) is 0 Å². The van der Waals surface area contributed by atoms with E-state index < -0.39 is 17.9 Å². The Hall–Kier alpha value is -1.43. The van der Waals surface area contributed by atoms with Crippen LogP contribution >= 0.6 is 0 Å². The van der Waals surface area contributed by atoms with E-state index in [1.54, 1.807) is 13.8 Å². The van der Waals surface area contributed by atoms with E-state index in [-0.39, 0.29) is 31.3 Å². The predicted molar refractivity (Wildman–Crippen MR) is 62.1 cm³/mol. The number of hydrogen-bond donors (Lipinski definition) is 2. The third-order valence-electron chi connectivity index (χ3n) is 1.94. The van der Waals surface area contributed by atoms with E-state index in [9.17, 15) is 14.4 Å². The third kappa shape index (κ3) is 7.46. The lowest BCUT2D eigenvalue weighted by atomic mass is 10.1. The Morgan fingerprint density at radius 2 is 1.88 bits per heavy atom. The van der Waals surface area contributed by atoms with Gasteiger partial charge in [-0.25, -0.2) is 4.79 Å². The lowest BCUT2D eigenvalue weighted by Crippen LogP contribution is -2.45. The standard InChI is InChI=1S/C11H20N2O4/c1-7(2)17-11(16)9(5-4-8(3)14)13-10(15)6-12/h7,9H,4-6,12H2,1-3H3,(H,13,15). The maximum atomic E-state index is 11.6. The Morgan fingerprint density at radius 1 is 1.29 bits per heavy atom. The Kier molecular flexibility index (Phi) is 7.13. The van der Waals surface area contributed by atoms with E-state index in [1.807, 2.05) is 0 Å². The molecule has 6 heteroatoms. The number of carbonyl (C=O) groups is 3. The summed E-state index contributed by atoms with van der Waals surface area (Å²) in [5.41, 5.74) is 5.15. The molecule has 0 aromatic heterocycles. The number of esters is 1. The molecule has 0 aliphatic heterocycles. The second-order valence-electron chi connectivity index (χ2n) is 4.05. The van der Waals surface area contributed by atoms with E-state index in [4.69, 9.17) is 10.5 Å². The van der Waals surface area contributed by atoms with E-state index >= 15 is 0 Å². The summed E-state index contributed by atoms with van der Waals surface area (Å²) in [6.45, 7) is 4.65. The fourth-order valence-electron chi connectivity index (χ4n) is 1.16. The molecule has 0 aliphatic carbocycles. The van der Waals surface area contributed by atoms with Crippen LogP contribution in [0.5, 0.6) is 0 Å². The summed E-state index contributed by atoms with van der Waals surface area (Å²) in [6, 6.07) is -0.808. The highest BCUT2D eigenvalue weighted by atomic mass is 16.5. The number of ketones is 1. The number of ether oxygens (including phenoxy) is 1. The molecular weight excluding hydrogens is 224 g/mol. The smallest absolute Gasteiger partial charge is 0.328 e. The lowest BCUT2D eigenvalue weighted by Gasteiger charge is -2.18. The second-order valence-corrected chi connectivity index (χ2v) is 4.05. The highest BCUT2D eigenvalue weighted by Crippen LogP contribution is 2.03. The van der Waals surface area contributed by atoms with Gasteiger partial charge in [0.25, 0.3) is 0 Å². The average Bonchev–Trinajstić information content (AvgIpc) is 2.22. The van der Waals surface area contributed by atoms with Gasteiger partial charge < -0.3 is 20.6 Å². The van der Waals surface area contributed by atoms with Crippen molar-refractivity contribution in [2.45, 2.75) is 45.8 Å². The molecule has 0 saturated heterocycles. The molecule has 0 rings (SSSR count). The number of rotatable bonds is 7. The molecule has 0 aliphatic rings. The molecule has 0 heterocycles. The molecule has 0 bridgehead atoms. The maximum Gasteiger partial charge on any atom is 0.328 e. The highest BCUT2D eigenvalue weighted by Gasteiger charge is 2.22. The molecule has 0 aromatic rings. The lowest BCUT2D eigenvalue weighted by molar-refractivity contribution is -0.151. The Bertz CT molecular complexity index is 289. The van der Waals surface area contributed by atoms with Gasteiger partial charge in [0.15, 0.2) is 0 Å². The fourth-order valence-corrected chi connectivity index (χ4v) is 1.16. The van der Waals surface area contributed by atoms with Crippen LogP contribution < -0.4 is 11.1 Å². The molecule has 6 nitrogen and oxygen atoms in total. The Balaban J connectivity index is 4.42. The molecule has 1 atom stereocenters. The van der Waals surface area contributed by atoms with Crippen molar-refractivity contribution in [3.8, 4) is 0 Å². The number of carbonyl (C=O) groups excluding carboxylic acids is 3. The summed E-state index contributed by atoms with van der Waals surface area (Å²) in [6.07, 6.45) is 0.173. The summed E-state index contributed by atoms with van der Waals surface area (Å²) in [4.78, 5) is 33.6. The van der Waals surface area contributed by atoms with Gasteiger partial charge in [0.1, 0.15) is 11.8 Å².